The number of unbranched alkanes of at least 4 members (excludes halogenated alkanes) is 4. The molecule has 0 spiro atoms. The van der Waals surface area contributed by atoms with Crippen molar-refractivity contribution in [3.8, 4) is 9.75 Å². The summed E-state index contributed by atoms with van der Waals surface area (Å²) in [5, 5.41) is 5.36. The van der Waals surface area contributed by atoms with Crippen LogP contribution >= 0.6 is 45.3 Å². The standard InChI is InChI=1S/C46H42S4/c1-3-5-7-9-31-11-15-33(16-12-31)19-21-39-23-35-25-43-37(27-41(35)47-39)29-45(49-43)46-30-38-28-42-36(26-44(38)50-46)24-40(48-42)22-20-34-17-13-32(14-18-34)10-8-6-4-2/h11-30H,3-10H2,1-2H3/b21-19+,22-20+. The number of benzene rings is 4. The van der Waals surface area contributed by atoms with Crippen molar-refractivity contribution >= 4 is 110 Å². The van der Waals surface area contributed by atoms with Crippen LogP contribution in [0, 0.1) is 0 Å². The zero-order valence-corrected chi connectivity index (χ0v) is 32.1. The van der Waals surface area contributed by atoms with Gasteiger partial charge in [0.1, 0.15) is 0 Å². The predicted molar refractivity (Wildman–Crippen MR) is 231 cm³/mol. The van der Waals surface area contributed by atoms with E-state index < -0.39 is 0 Å². The Morgan fingerprint density at radius 1 is 0.400 bits per heavy atom. The van der Waals surface area contributed by atoms with Crippen molar-refractivity contribution in [2.24, 2.45) is 0 Å². The number of hydrogen-bond donors (Lipinski definition) is 0. The van der Waals surface area contributed by atoms with Crippen LogP contribution in [0.3, 0.4) is 0 Å². The normalized spacial score (nSPS) is 12.3. The molecule has 4 aromatic heterocycles. The van der Waals surface area contributed by atoms with E-state index in [4.69, 9.17) is 0 Å². The van der Waals surface area contributed by atoms with Crippen LogP contribution in [0.5, 0.6) is 0 Å². The average Bonchev–Trinajstić information content (AvgIpc) is 3.92. The molecule has 4 aromatic carbocycles. The molecule has 50 heavy (non-hydrogen) atoms. The first-order valence-electron chi connectivity index (χ1n) is 18.1. The lowest BCUT2D eigenvalue weighted by Crippen LogP contribution is -1.85. The van der Waals surface area contributed by atoms with Crippen molar-refractivity contribution in [3.05, 3.63) is 129 Å². The SMILES string of the molecule is CCCCCc1ccc(/C=C/c2cc3cc4sc(-c5cc6cc7sc(/C=C/c8ccc(CCCCC)cc8)cc7cc6s5)cc4cc3s2)cc1. The molecule has 4 heteroatoms. The summed E-state index contributed by atoms with van der Waals surface area (Å²) in [5.41, 5.74) is 5.42. The van der Waals surface area contributed by atoms with Crippen LogP contribution in [-0.4, -0.2) is 0 Å². The highest BCUT2D eigenvalue weighted by Gasteiger charge is 2.12. The lowest BCUT2D eigenvalue weighted by atomic mass is 10.1. The maximum absolute atomic E-state index is 2.39. The summed E-state index contributed by atoms with van der Waals surface area (Å²) in [7, 11) is 0. The van der Waals surface area contributed by atoms with Gasteiger partial charge in [0.15, 0.2) is 0 Å². The summed E-state index contributed by atoms with van der Waals surface area (Å²) in [6.45, 7) is 4.53. The topological polar surface area (TPSA) is 0 Å². The molecule has 8 aromatic rings. The smallest absolute Gasteiger partial charge is 0.0455 e. The fourth-order valence-corrected chi connectivity index (χ4v) is 11.0. The number of fused-ring (bicyclic) bond motifs is 4. The highest BCUT2D eigenvalue weighted by molar-refractivity contribution is 7.29. The first-order chi connectivity index (χ1) is 24.6. The van der Waals surface area contributed by atoms with Crippen LogP contribution < -0.4 is 0 Å². The molecular weight excluding hydrogens is 681 g/mol. The Morgan fingerprint density at radius 2 is 0.780 bits per heavy atom. The van der Waals surface area contributed by atoms with E-state index in [1.165, 1.54) is 133 Å². The number of hydrogen-bond acceptors (Lipinski definition) is 4. The van der Waals surface area contributed by atoms with Gasteiger partial charge in [-0.15, -0.1) is 45.3 Å². The molecule has 0 N–H and O–H groups in total. The van der Waals surface area contributed by atoms with Crippen LogP contribution in [0.15, 0.2) is 97.1 Å². The Kier molecular flexibility index (Phi) is 10.1. The van der Waals surface area contributed by atoms with E-state index in [1.54, 1.807) is 0 Å². The minimum absolute atomic E-state index is 1.18. The minimum atomic E-state index is 1.18. The third-order valence-electron chi connectivity index (χ3n) is 9.57. The third kappa shape index (κ3) is 7.60. The van der Waals surface area contributed by atoms with Gasteiger partial charge in [-0.25, -0.2) is 0 Å². The second kappa shape index (κ2) is 15.2. The quantitative estimate of drug-likeness (QED) is 0.104. The summed E-state index contributed by atoms with van der Waals surface area (Å²) in [6.07, 6.45) is 19.1. The van der Waals surface area contributed by atoms with Crippen molar-refractivity contribution in [1.29, 1.82) is 0 Å². The fraction of sp³-hybridized carbons (Fsp3) is 0.217. The largest absolute Gasteiger partial charge is 0.136 e. The molecule has 4 heterocycles. The van der Waals surface area contributed by atoms with Gasteiger partial charge in [0.2, 0.25) is 0 Å². The average molecular weight is 723 g/mol. The van der Waals surface area contributed by atoms with Gasteiger partial charge in [-0.2, -0.15) is 0 Å². The highest BCUT2D eigenvalue weighted by Crippen LogP contribution is 2.43. The van der Waals surface area contributed by atoms with Crippen LogP contribution in [0.4, 0.5) is 0 Å². The molecule has 0 saturated carbocycles. The van der Waals surface area contributed by atoms with Gasteiger partial charge >= 0.3 is 0 Å². The van der Waals surface area contributed by atoms with Crippen LogP contribution in [0.1, 0.15) is 84.4 Å². The Hall–Kier alpha value is -3.80. The van der Waals surface area contributed by atoms with Crippen LogP contribution in [-0.2, 0) is 12.8 Å². The maximum Gasteiger partial charge on any atom is 0.0455 e. The number of rotatable bonds is 13. The van der Waals surface area contributed by atoms with Crippen molar-refractivity contribution in [3.63, 3.8) is 0 Å². The first-order valence-corrected chi connectivity index (χ1v) is 21.4. The van der Waals surface area contributed by atoms with E-state index in [2.05, 4.69) is 135 Å². The second-order valence-electron chi connectivity index (χ2n) is 13.4. The molecule has 8 rings (SSSR count). The van der Waals surface area contributed by atoms with Gasteiger partial charge in [-0.05, 0) is 130 Å². The number of aryl methyl sites for hydroxylation is 2. The van der Waals surface area contributed by atoms with Crippen molar-refractivity contribution < 1.29 is 0 Å². The summed E-state index contributed by atoms with van der Waals surface area (Å²) in [5.74, 6) is 0. The zero-order valence-electron chi connectivity index (χ0n) is 28.8. The van der Waals surface area contributed by atoms with E-state index in [-0.39, 0.29) is 0 Å². The summed E-state index contributed by atoms with van der Waals surface area (Å²) < 4.78 is 5.43. The molecule has 0 aliphatic rings. The fourth-order valence-electron chi connectivity index (χ4n) is 6.70. The summed E-state index contributed by atoms with van der Waals surface area (Å²) in [4.78, 5) is 5.33. The molecular formula is C46H42S4. The summed E-state index contributed by atoms with van der Waals surface area (Å²) in [6, 6.07) is 37.2. The van der Waals surface area contributed by atoms with E-state index in [0.717, 1.165) is 0 Å². The van der Waals surface area contributed by atoms with E-state index in [1.807, 2.05) is 45.3 Å². The van der Waals surface area contributed by atoms with Gasteiger partial charge in [-0.3, -0.25) is 0 Å². The Morgan fingerprint density at radius 3 is 1.18 bits per heavy atom. The minimum Gasteiger partial charge on any atom is -0.136 e. The third-order valence-corrected chi connectivity index (χ3v) is 14.1. The van der Waals surface area contributed by atoms with Crippen molar-refractivity contribution in [1.82, 2.24) is 0 Å². The molecule has 0 bridgehead atoms. The molecule has 0 atom stereocenters. The molecule has 0 amide bonds. The number of thiophene rings is 4. The molecule has 0 nitrogen and oxygen atoms in total. The maximum atomic E-state index is 2.39. The van der Waals surface area contributed by atoms with Crippen molar-refractivity contribution in [2.45, 2.75) is 65.2 Å². The Bertz CT molecular complexity index is 2160. The molecule has 0 unspecified atom stereocenters. The van der Waals surface area contributed by atoms with Crippen molar-refractivity contribution in [2.75, 3.05) is 0 Å². The van der Waals surface area contributed by atoms with Gasteiger partial charge in [0.25, 0.3) is 0 Å². The predicted octanol–water partition coefficient (Wildman–Crippen LogP) is 16.0. The second-order valence-corrected chi connectivity index (χ2v) is 17.8. The van der Waals surface area contributed by atoms with Gasteiger partial charge < -0.3 is 0 Å². The molecule has 0 fully saturated rings. The molecule has 250 valence electrons. The lowest BCUT2D eigenvalue weighted by Gasteiger charge is -2.01. The Balaban J connectivity index is 0.961. The lowest BCUT2D eigenvalue weighted by molar-refractivity contribution is 0.717. The van der Waals surface area contributed by atoms with Gasteiger partial charge in [-0.1, -0.05) is 100 Å². The van der Waals surface area contributed by atoms with E-state index in [9.17, 15) is 0 Å². The Labute approximate surface area is 312 Å². The molecule has 0 aliphatic carbocycles. The zero-order chi connectivity index (χ0) is 33.9. The van der Waals surface area contributed by atoms with Gasteiger partial charge in [0.05, 0.1) is 0 Å². The monoisotopic (exact) mass is 722 g/mol. The highest BCUT2D eigenvalue weighted by atomic mass is 32.1. The van der Waals surface area contributed by atoms with Crippen LogP contribution in [0.25, 0.3) is 74.4 Å². The molecule has 0 saturated heterocycles. The van der Waals surface area contributed by atoms with E-state index >= 15 is 0 Å². The van der Waals surface area contributed by atoms with Crippen LogP contribution in [0.2, 0.25) is 0 Å². The van der Waals surface area contributed by atoms with Gasteiger partial charge in [0, 0.05) is 38.3 Å². The van der Waals surface area contributed by atoms with E-state index in [0.29, 0.717) is 0 Å². The molecule has 0 aliphatic heterocycles. The summed E-state index contributed by atoms with van der Waals surface area (Å²) >= 11 is 7.60. The molecule has 0 radical (unpaired) electrons. The first kappa shape index (κ1) is 33.3.